The van der Waals surface area contributed by atoms with Crippen molar-refractivity contribution in [2.75, 3.05) is 29.9 Å². The van der Waals surface area contributed by atoms with Crippen molar-refractivity contribution in [1.29, 1.82) is 0 Å². The van der Waals surface area contributed by atoms with Gasteiger partial charge in [-0.25, -0.2) is 4.79 Å². The number of pyridine rings is 1. The van der Waals surface area contributed by atoms with Crippen LogP contribution in [0.1, 0.15) is 88.0 Å². The zero-order valence-corrected chi connectivity index (χ0v) is 27.1. The number of hydrogen-bond acceptors (Lipinski definition) is 4. The van der Waals surface area contributed by atoms with Crippen molar-refractivity contribution >= 4 is 56.8 Å². The number of fused-ring (bicyclic) bond motifs is 3. The zero-order chi connectivity index (χ0) is 31.6. The maximum absolute atomic E-state index is 12.1. The van der Waals surface area contributed by atoms with Crippen LogP contribution < -0.4 is 15.5 Å². The van der Waals surface area contributed by atoms with Crippen LogP contribution in [0.25, 0.3) is 21.8 Å². The summed E-state index contributed by atoms with van der Waals surface area (Å²) < 4.78 is 0. The number of anilines is 2. The van der Waals surface area contributed by atoms with E-state index in [1.54, 1.807) is 0 Å². The Morgan fingerprint density at radius 3 is 2.47 bits per heavy atom. The lowest BCUT2D eigenvalue weighted by atomic mass is 9.92. The fraction of sp³-hybridized carbons (Fsp3) is 0.472. The van der Waals surface area contributed by atoms with E-state index in [0.29, 0.717) is 25.2 Å². The molecule has 4 aromatic rings. The number of amides is 2. The zero-order valence-electron chi connectivity index (χ0n) is 26.4. The number of carbonyl (C=O) groups excluding carboxylic acids is 1. The lowest BCUT2D eigenvalue weighted by Crippen LogP contribution is -2.30. The molecule has 0 atom stereocenters. The Kier molecular flexibility index (Phi) is 11.6. The molecule has 0 saturated heterocycles. The number of carboxylic acid groups (broad SMARTS) is 1. The number of benzene rings is 2. The fourth-order valence-corrected chi connectivity index (χ4v) is 6.69. The van der Waals surface area contributed by atoms with E-state index >= 15 is 0 Å². The average molecular weight is 632 g/mol. The fourth-order valence-electron chi connectivity index (χ4n) is 6.52. The molecule has 1 aliphatic rings. The molecule has 2 amide bonds. The molecule has 0 aliphatic heterocycles. The van der Waals surface area contributed by atoms with Gasteiger partial charge in [0.05, 0.1) is 5.52 Å². The normalized spacial score (nSPS) is 12.8. The monoisotopic (exact) mass is 631 g/mol. The van der Waals surface area contributed by atoms with Crippen molar-refractivity contribution in [3.8, 4) is 0 Å². The van der Waals surface area contributed by atoms with E-state index in [2.05, 4.69) is 15.6 Å². The van der Waals surface area contributed by atoms with E-state index < -0.39 is 6.09 Å². The molecule has 45 heavy (non-hydrogen) atoms. The quantitative estimate of drug-likeness (QED) is 0.0925. The first-order chi connectivity index (χ1) is 21.9. The number of aromatic amines is 1. The molecule has 0 unspecified atom stereocenters. The number of nitrogens with one attached hydrogen (secondary N) is 3. The summed E-state index contributed by atoms with van der Waals surface area (Å²) in [4.78, 5) is 32.9. The van der Waals surface area contributed by atoms with Crippen LogP contribution in [0.4, 0.5) is 16.2 Å². The Morgan fingerprint density at radius 2 is 1.69 bits per heavy atom. The van der Waals surface area contributed by atoms with Gasteiger partial charge in [0.1, 0.15) is 0 Å². The van der Waals surface area contributed by atoms with Gasteiger partial charge in [-0.2, -0.15) is 0 Å². The number of halogens is 1. The van der Waals surface area contributed by atoms with E-state index in [1.807, 2.05) is 42.6 Å². The van der Waals surface area contributed by atoms with E-state index in [1.165, 1.54) is 67.3 Å². The SMILES string of the molecule is CC(=O)NCCc1c[nH]c2ccc(N(CCCCCCCCCCNc3c4c(nc5ccc(Cl)cc35)CCCC4)C(=O)O)cc12. The van der Waals surface area contributed by atoms with Crippen LogP contribution in [0.2, 0.25) is 5.02 Å². The molecule has 9 heteroatoms. The highest BCUT2D eigenvalue weighted by atomic mass is 35.5. The van der Waals surface area contributed by atoms with Gasteiger partial charge >= 0.3 is 6.09 Å². The van der Waals surface area contributed by atoms with E-state index in [0.717, 1.165) is 77.5 Å². The molecule has 8 nitrogen and oxygen atoms in total. The van der Waals surface area contributed by atoms with Crippen molar-refractivity contribution in [3.63, 3.8) is 0 Å². The highest BCUT2D eigenvalue weighted by Crippen LogP contribution is 2.34. The molecular weight excluding hydrogens is 586 g/mol. The van der Waals surface area contributed by atoms with Crippen LogP contribution in [-0.2, 0) is 24.1 Å². The Hall–Kier alpha value is -3.78. The lowest BCUT2D eigenvalue weighted by Gasteiger charge is -2.22. The van der Waals surface area contributed by atoms with Gasteiger partial charge in [0.15, 0.2) is 0 Å². The van der Waals surface area contributed by atoms with Crippen molar-refractivity contribution in [2.24, 2.45) is 0 Å². The molecule has 2 aromatic heterocycles. The summed E-state index contributed by atoms with van der Waals surface area (Å²) in [5.41, 5.74) is 7.61. The first-order valence-corrected chi connectivity index (χ1v) is 17.0. The molecule has 0 spiro atoms. The van der Waals surface area contributed by atoms with Crippen LogP contribution in [0.5, 0.6) is 0 Å². The molecule has 0 radical (unpaired) electrons. The minimum atomic E-state index is -0.929. The molecule has 2 aromatic carbocycles. The number of unbranched alkanes of at least 4 members (excludes halogenated alkanes) is 7. The van der Waals surface area contributed by atoms with Gasteiger partial charge in [-0.1, -0.05) is 50.1 Å². The molecule has 0 fully saturated rings. The van der Waals surface area contributed by atoms with Gasteiger partial charge < -0.3 is 20.7 Å². The van der Waals surface area contributed by atoms with Crippen LogP contribution in [0.15, 0.2) is 42.6 Å². The summed E-state index contributed by atoms with van der Waals surface area (Å²) >= 11 is 6.34. The molecular formula is C36H46ClN5O3. The summed E-state index contributed by atoms with van der Waals surface area (Å²) in [7, 11) is 0. The second-order valence-electron chi connectivity index (χ2n) is 12.2. The third-order valence-electron chi connectivity index (χ3n) is 8.90. The molecule has 4 N–H and O–H groups in total. The number of aryl methyl sites for hydroxylation is 1. The summed E-state index contributed by atoms with van der Waals surface area (Å²) in [5, 5.41) is 19.4. The Labute approximate surface area is 270 Å². The van der Waals surface area contributed by atoms with E-state index in [4.69, 9.17) is 16.6 Å². The first-order valence-electron chi connectivity index (χ1n) is 16.6. The number of rotatable bonds is 16. The molecule has 0 bridgehead atoms. The van der Waals surface area contributed by atoms with E-state index in [9.17, 15) is 14.7 Å². The summed E-state index contributed by atoms with van der Waals surface area (Å²) in [6, 6.07) is 11.7. The second kappa shape index (κ2) is 16.0. The topological polar surface area (TPSA) is 110 Å². The predicted molar refractivity (Wildman–Crippen MR) is 185 cm³/mol. The van der Waals surface area contributed by atoms with E-state index in [-0.39, 0.29) is 5.91 Å². The van der Waals surface area contributed by atoms with Gasteiger partial charge in [0.25, 0.3) is 0 Å². The largest absolute Gasteiger partial charge is 0.465 e. The first kappa shape index (κ1) is 32.6. The van der Waals surface area contributed by atoms with Gasteiger partial charge in [-0.05, 0) is 92.5 Å². The predicted octanol–water partition coefficient (Wildman–Crippen LogP) is 8.64. The summed E-state index contributed by atoms with van der Waals surface area (Å²) in [6.07, 6.45) is 15.2. The molecule has 2 heterocycles. The average Bonchev–Trinajstić information content (AvgIpc) is 3.43. The number of H-pyrrole nitrogens is 1. The van der Waals surface area contributed by atoms with Crippen molar-refractivity contribution in [3.05, 3.63) is 64.4 Å². The smallest absolute Gasteiger partial charge is 0.411 e. The third kappa shape index (κ3) is 8.69. The van der Waals surface area contributed by atoms with Gasteiger partial charge in [-0.3, -0.25) is 14.7 Å². The van der Waals surface area contributed by atoms with Crippen LogP contribution in [0, 0.1) is 0 Å². The van der Waals surface area contributed by atoms with Gasteiger partial charge in [0, 0.05) is 71.1 Å². The van der Waals surface area contributed by atoms with Gasteiger partial charge in [-0.15, -0.1) is 0 Å². The van der Waals surface area contributed by atoms with Crippen LogP contribution in [-0.4, -0.2) is 46.7 Å². The van der Waals surface area contributed by atoms with Gasteiger partial charge in [0.2, 0.25) is 5.91 Å². The van der Waals surface area contributed by atoms with Crippen LogP contribution in [0.3, 0.4) is 0 Å². The number of carbonyl (C=O) groups is 2. The Balaban J connectivity index is 1.00. The number of nitrogens with zero attached hydrogens (tertiary/aromatic N) is 2. The molecule has 5 rings (SSSR count). The van der Waals surface area contributed by atoms with Crippen molar-refractivity contribution in [2.45, 2.75) is 90.4 Å². The Morgan fingerprint density at radius 1 is 0.933 bits per heavy atom. The lowest BCUT2D eigenvalue weighted by molar-refractivity contribution is -0.118. The molecule has 1 aliphatic carbocycles. The highest BCUT2D eigenvalue weighted by molar-refractivity contribution is 6.31. The van der Waals surface area contributed by atoms with Crippen LogP contribution >= 0.6 is 11.6 Å². The number of aromatic nitrogens is 2. The van der Waals surface area contributed by atoms with Crippen molar-refractivity contribution in [1.82, 2.24) is 15.3 Å². The number of hydrogen-bond donors (Lipinski definition) is 4. The maximum Gasteiger partial charge on any atom is 0.411 e. The second-order valence-corrected chi connectivity index (χ2v) is 12.7. The summed E-state index contributed by atoms with van der Waals surface area (Å²) in [6.45, 7) is 3.49. The van der Waals surface area contributed by atoms with Crippen molar-refractivity contribution < 1.29 is 14.7 Å². The summed E-state index contributed by atoms with van der Waals surface area (Å²) in [5.74, 6) is -0.0557. The highest BCUT2D eigenvalue weighted by Gasteiger charge is 2.19. The maximum atomic E-state index is 12.1. The third-order valence-corrected chi connectivity index (χ3v) is 9.13. The Bertz CT molecular complexity index is 1620. The molecule has 240 valence electrons. The molecule has 0 saturated carbocycles. The minimum absolute atomic E-state index is 0.0557. The standard InChI is InChI=1S/C36H46ClN5O3/c1-25(43)38-20-18-26-24-40-32-17-15-28(23-30(26)32)42(36(44)45)21-11-7-5-3-2-4-6-10-19-39-35-29-12-8-9-13-33(29)41-34-16-14-27(37)22-31(34)35/h14-17,22-24,40H,2-13,18-21H2,1H3,(H,38,43)(H,39,41)(H,44,45). The minimum Gasteiger partial charge on any atom is -0.465 e.